The molecule has 0 aliphatic carbocycles. The summed E-state index contributed by atoms with van der Waals surface area (Å²) in [6.07, 6.45) is 8.95. The molecule has 296 valence electrons. The summed E-state index contributed by atoms with van der Waals surface area (Å²) >= 11 is 4.20. The van der Waals surface area contributed by atoms with Crippen molar-refractivity contribution in [1.29, 1.82) is 0 Å². The Morgan fingerprint density at radius 1 is 0.469 bits per heavy atom. The molecule has 0 saturated heterocycles. The predicted molar refractivity (Wildman–Crippen MR) is 218 cm³/mol. The number of rotatable bonds is 35. The Morgan fingerprint density at radius 3 is 1.33 bits per heavy atom. The smallest absolute Gasteiger partial charge is 0.0597 e. The maximum atomic E-state index is 5.86. The quantitative estimate of drug-likeness (QED) is 0.0446. The number of thiol groups is 1. The van der Waals surface area contributed by atoms with E-state index in [9.17, 15) is 0 Å². The highest BCUT2D eigenvalue weighted by Gasteiger charge is 2.17. The summed E-state index contributed by atoms with van der Waals surface area (Å²) in [5.41, 5.74) is 0. The zero-order valence-electron chi connectivity index (χ0n) is 34.6. The molecule has 0 amide bonds. The van der Waals surface area contributed by atoms with Crippen LogP contribution in [0.15, 0.2) is 0 Å². The van der Waals surface area contributed by atoms with Gasteiger partial charge < -0.3 is 30.7 Å². The Balaban J connectivity index is 4.36. The number of hydrogen-bond acceptors (Lipinski definition) is 10. The molecule has 0 spiro atoms. The number of nitrogens with zero attached hydrogens (tertiary/aromatic N) is 2. The third-order valence-corrected chi connectivity index (χ3v) is 9.89. The van der Waals surface area contributed by atoms with Gasteiger partial charge in [0.1, 0.15) is 0 Å². The van der Waals surface area contributed by atoms with E-state index in [-0.39, 0.29) is 12.2 Å². The number of nitrogens with one attached hydrogen (secondary N) is 5. The van der Waals surface area contributed by atoms with Gasteiger partial charge in [-0.15, -0.1) is 0 Å². The molecule has 5 atom stereocenters. The first kappa shape index (κ1) is 49.0. The zero-order chi connectivity index (χ0) is 37.0. The lowest BCUT2D eigenvalue weighted by molar-refractivity contribution is 0.0226. The lowest BCUT2D eigenvalue weighted by Crippen LogP contribution is -2.44. The lowest BCUT2D eigenvalue weighted by Gasteiger charge is -2.31. The number of hydrogen-bond donors (Lipinski definition) is 6. The second-order valence-electron chi connectivity index (χ2n) is 15.8. The van der Waals surface area contributed by atoms with Gasteiger partial charge in [-0.3, -0.25) is 14.5 Å². The van der Waals surface area contributed by atoms with Crippen molar-refractivity contribution in [2.45, 2.75) is 176 Å². The molecule has 0 heterocycles. The van der Waals surface area contributed by atoms with Crippen LogP contribution in [0.2, 0.25) is 0 Å². The van der Waals surface area contributed by atoms with Gasteiger partial charge in [0.2, 0.25) is 0 Å². The minimum absolute atomic E-state index is 0.275. The largest absolute Gasteiger partial charge is 0.377 e. The third-order valence-electron chi connectivity index (χ3n) is 9.66. The minimum atomic E-state index is 0.275. The van der Waals surface area contributed by atoms with Crippen LogP contribution in [0.1, 0.15) is 128 Å². The van der Waals surface area contributed by atoms with E-state index in [1.54, 1.807) is 0 Å². The fourth-order valence-corrected chi connectivity index (χ4v) is 6.32. The average Bonchev–Trinajstić information content (AvgIpc) is 3.02. The van der Waals surface area contributed by atoms with E-state index in [0.717, 1.165) is 78.0 Å². The highest BCUT2D eigenvalue weighted by Crippen LogP contribution is 2.13. The van der Waals surface area contributed by atoms with Crippen LogP contribution in [-0.2, 0) is 9.47 Å². The van der Waals surface area contributed by atoms with Crippen molar-refractivity contribution < 1.29 is 9.47 Å². The van der Waals surface area contributed by atoms with Gasteiger partial charge in [0.25, 0.3) is 0 Å². The molecule has 10 heteroatoms. The van der Waals surface area contributed by atoms with Crippen molar-refractivity contribution >= 4 is 12.8 Å². The molecule has 0 bridgehead atoms. The Bertz CT molecular complexity index is 705. The topological polar surface area (TPSA) is 85.1 Å². The molecule has 49 heavy (non-hydrogen) atoms. The minimum Gasteiger partial charge on any atom is -0.377 e. The van der Waals surface area contributed by atoms with Crippen LogP contribution in [0.4, 0.5) is 0 Å². The molecule has 0 aliphatic rings. The molecule has 0 radical (unpaired) electrons. The summed E-state index contributed by atoms with van der Waals surface area (Å²) in [4.78, 5) is 5.14. The average molecular weight is 718 g/mol. The summed E-state index contributed by atoms with van der Waals surface area (Å²) in [7, 11) is 0. The van der Waals surface area contributed by atoms with Gasteiger partial charge in [-0.1, -0.05) is 26.7 Å². The molecule has 0 rings (SSSR count). The molecule has 9 nitrogen and oxygen atoms in total. The van der Waals surface area contributed by atoms with Crippen LogP contribution < -0.4 is 26.0 Å². The summed E-state index contributed by atoms with van der Waals surface area (Å²) < 4.78 is 14.8. The Hall–Kier alpha value is -0.0100. The molecule has 0 aromatic carbocycles. The number of ether oxygens (including phenoxy) is 2. The summed E-state index contributed by atoms with van der Waals surface area (Å²) in [6.45, 7) is 37.8. The lowest BCUT2D eigenvalue weighted by atomic mass is 9.97. The van der Waals surface area contributed by atoms with Crippen LogP contribution in [0.5, 0.6) is 0 Å². The van der Waals surface area contributed by atoms with Gasteiger partial charge in [-0.25, -0.2) is 0 Å². The molecule has 0 aromatic rings. The van der Waals surface area contributed by atoms with Crippen molar-refractivity contribution in [1.82, 2.24) is 35.8 Å². The third kappa shape index (κ3) is 30.2. The molecular formula is C39H87N7O2S. The summed E-state index contributed by atoms with van der Waals surface area (Å²) in [6, 6.07) is 3.19. The molecule has 0 saturated carbocycles. The highest BCUT2D eigenvalue weighted by molar-refractivity contribution is 7.78. The van der Waals surface area contributed by atoms with Crippen LogP contribution in [0.25, 0.3) is 0 Å². The maximum Gasteiger partial charge on any atom is 0.0597 e. The van der Waals surface area contributed by atoms with E-state index in [1.807, 2.05) is 0 Å². The van der Waals surface area contributed by atoms with Crippen LogP contribution in [0, 0.1) is 5.92 Å². The Morgan fingerprint density at radius 2 is 0.898 bits per heavy atom. The molecule has 0 fully saturated rings. The van der Waals surface area contributed by atoms with Gasteiger partial charge >= 0.3 is 0 Å². The Kier molecular flexibility index (Phi) is 31.5. The second kappa shape index (κ2) is 31.5. The summed E-state index contributed by atoms with van der Waals surface area (Å²) in [5, 5.41) is 15.0. The van der Waals surface area contributed by atoms with Crippen molar-refractivity contribution in [2.75, 3.05) is 72.1 Å². The van der Waals surface area contributed by atoms with Crippen molar-refractivity contribution in [3.63, 3.8) is 0 Å². The highest BCUT2D eigenvalue weighted by atomic mass is 32.1. The van der Waals surface area contributed by atoms with Gasteiger partial charge in [-0.2, -0.15) is 0 Å². The fraction of sp³-hybridized carbons (Fsp3) is 1.00. The first-order chi connectivity index (χ1) is 23.2. The van der Waals surface area contributed by atoms with E-state index < -0.39 is 0 Å². The monoisotopic (exact) mass is 718 g/mol. The SMILES string of the molecule is CC(C)NCCC(CCNS)CCNC(C)CCC(C)NCCN(CCNC(C)CCC(C)N(CCOC(C)C)CCOC(C)C)C(C)C. The van der Waals surface area contributed by atoms with Gasteiger partial charge in [0.05, 0.1) is 25.4 Å². The van der Waals surface area contributed by atoms with Crippen LogP contribution in [-0.4, -0.2) is 130 Å². The normalized spacial score (nSPS) is 15.7. The molecule has 0 aromatic heterocycles. The van der Waals surface area contributed by atoms with Crippen LogP contribution >= 0.6 is 12.8 Å². The first-order valence-corrected chi connectivity index (χ1v) is 20.7. The first-order valence-electron chi connectivity index (χ1n) is 20.3. The van der Waals surface area contributed by atoms with Gasteiger partial charge in [-0.05, 0) is 133 Å². The van der Waals surface area contributed by atoms with E-state index in [0.29, 0.717) is 36.3 Å². The van der Waals surface area contributed by atoms with E-state index in [4.69, 9.17) is 9.47 Å². The fourth-order valence-electron chi connectivity index (χ4n) is 6.19. The zero-order valence-corrected chi connectivity index (χ0v) is 35.5. The standard InChI is InChI=1S/C39H87N7O2S/c1-31(2)40-20-17-39(19-22-44-49)18-21-41-35(9)13-14-36(10)42-23-25-45(32(3)4)26-24-43-37(11)15-16-38(12)46(27-29-47-33(5)6)28-30-48-34(7)8/h31-44,49H,13-30H2,1-12H3. The predicted octanol–water partition coefficient (Wildman–Crippen LogP) is 5.95. The van der Waals surface area contributed by atoms with Crippen molar-refractivity contribution in [3.05, 3.63) is 0 Å². The van der Waals surface area contributed by atoms with Gasteiger partial charge in [0, 0.05) is 82.1 Å². The van der Waals surface area contributed by atoms with Gasteiger partial charge in [0.15, 0.2) is 0 Å². The molecule has 5 N–H and O–H groups in total. The Labute approximate surface area is 311 Å². The second-order valence-corrected chi connectivity index (χ2v) is 16.1. The molecule has 0 aliphatic heterocycles. The van der Waals surface area contributed by atoms with Crippen molar-refractivity contribution in [2.24, 2.45) is 5.92 Å². The molecule has 5 unspecified atom stereocenters. The van der Waals surface area contributed by atoms with E-state index >= 15 is 0 Å². The van der Waals surface area contributed by atoms with E-state index in [1.165, 1.54) is 44.9 Å². The summed E-state index contributed by atoms with van der Waals surface area (Å²) in [5.74, 6) is 0.730. The van der Waals surface area contributed by atoms with Crippen LogP contribution in [0.3, 0.4) is 0 Å². The molecular weight excluding hydrogens is 631 g/mol. The van der Waals surface area contributed by atoms with Crippen molar-refractivity contribution in [3.8, 4) is 0 Å². The van der Waals surface area contributed by atoms with E-state index in [2.05, 4.69) is 132 Å². The maximum absolute atomic E-state index is 5.86.